The number of amides is 1. The van der Waals surface area contributed by atoms with Crippen LogP contribution in [0.15, 0.2) is 30.3 Å². The molecule has 0 radical (unpaired) electrons. The van der Waals surface area contributed by atoms with E-state index in [1.807, 2.05) is 35.2 Å². The van der Waals surface area contributed by atoms with Crippen molar-refractivity contribution in [2.24, 2.45) is 0 Å². The van der Waals surface area contributed by atoms with Crippen molar-refractivity contribution in [3.05, 3.63) is 46.6 Å². The molecule has 0 atom stereocenters. The summed E-state index contributed by atoms with van der Waals surface area (Å²) in [5.74, 6) is 0.0324. The van der Waals surface area contributed by atoms with Gasteiger partial charge in [0.1, 0.15) is 5.69 Å². The first kappa shape index (κ1) is 16.1. The minimum atomic E-state index is 0.0324. The number of nitrogens with zero attached hydrogens (tertiary/aromatic N) is 2. The van der Waals surface area contributed by atoms with Crippen molar-refractivity contribution in [1.29, 1.82) is 0 Å². The average molecular weight is 356 g/mol. The summed E-state index contributed by atoms with van der Waals surface area (Å²) in [5.41, 5.74) is 2.70. The molecule has 0 fully saturated rings. The van der Waals surface area contributed by atoms with Crippen LogP contribution in [0.5, 0.6) is 0 Å². The lowest BCUT2D eigenvalue weighted by Crippen LogP contribution is -2.35. The van der Waals surface area contributed by atoms with Crippen molar-refractivity contribution in [3.63, 3.8) is 0 Å². The third-order valence-electron chi connectivity index (χ3n) is 4.39. The second-order valence-electron chi connectivity index (χ2n) is 6.14. The normalized spacial score (nSPS) is 13.9. The Balaban J connectivity index is 1.48. The Morgan fingerprint density at radius 2 is 2.28 bits per heavy atom. The second-order valence-corrected chi connectivity index (χ2v) is 7.22. The van der Waals surface area contributed by atoms with E-state index >= 15 is 0 Å². The number of nitrogens with one attached hydrogen (secondary N) is 2. The summed E-state index contributed by atoms with van der Waals surface area (Å²) < 4.78 is 0. The zero-order chi connectivity index (χ0) is 17.2. The average Bonchev–Trinajstić information content (AvgIpc) is 3.24. The topological polar surface area (TPSA) is 81.2 Å². The number of hydrogen-bond donors (Lipinski definition) is 3. The predicted octanol–water partition coefficient (Wildman–Crippen LogP) is 2.62. The van der Waals surface area contributed by atoms with Gasteiger partial charge in [0.05, 0.1) is 12.2 Å². The number of anilines is 1. The molecule has 0 aliphatic carbocycles. The van der Waals surface area contributed by atoms with Crippen LogP contribution in [0.4, 0.5) is 5.13 Å². The number of rotatable bonds is 5. The zero-order valence-electron chi connectivity index (χ0n) is 13.8. The molecule has 7 heteroatoms. The maximum Gasteiger partial charge on any atom is 0.270 e. The monoisotopic (exact) mass is 356 g/mol. The van der Waals surface area contributed by atoms with Crippen LogP contribution in [0.1, 0.15) is 27.5 Å². The first-order valence-corrected chi connectivity index (χ1v) is 9.26. The fourth-order valence-corrected chi connectivity index (χ4v) is 4.13. The summed E-state index contributed by atoms with van der Waals surface area (Å²) in [6, 6.07) is 9.84. The Morgan fingerprint density at radius 3 is 3.12 bits per heavy atom. The second kappa shape index (κ2) is 6.85. The van der Waals surface area contributed by atoms with Crippen molar-refractivity contribution in [1.82, 2.24) is 14.9 Å². The molecule has 4 rings (SSSR count). The van der Waals surface area contributed by atoms with E-state index in [1.165, 1.54) is 0 Å². The summed E-state index contributed by atoms with van der Waals surface area (Å²) in [6.45, 7) is 2.16. The van der Waals surface area contributed by atoms with Gasteiger partial charge in [0, 0.05) is 41.9 Å². The molecular weight excluding hydrogens is 336 g/mol. The Bertz CT molecular complexity index is 869. The van der Waals surface area contributed by atoms with Crippen molar-refractivity contribution in [2.45, 2.75) is 19.4 Å². The quantitative estimate of drug-likeness (QED) is 0.614. The lowest BCUT2D eigenvalue weighted by molar-refractivity contribution is 0.0731. The van der Waals surface area contributed by atoms with E-state index in [2.05, 4.69) is 15.3 Å². The number of thiazole rings is 1. The number of aromatic amines is 1. The number of para-hydroxylation sites is 1. The molecule has 1 aromatic carbocycles. The van der Waals surface area contributed by atoms with E-state index in [1.54, 1.807) is 11.3 Å². The van der Waals surface area contributed by atoms with E-state index in [4.69, 9.17) is 5.11 Å². The number of fused-ring (bicyclic) bond motifs is 2. The zero-order valence-corrected chi connectivity index (χ0v) is 14.6. The van der Waals surface area contributed by atoms with Gasteiger partial charge in [0.25, 0.3) is 5.91 Å². The molecule has 1 amide bonds. The van der Waals surface area contributed by atoms with E-state index in [0.29, 0.717) is 31.7 Å². The van der Waals surface area contributed by atoms with Crippen molar-refractivity contribution in [3.8, 4) is 0 Å². The fraction of sp³-hybridized carbons (Fsp3) is 0.333. The summed E-state index contributed by atoms with van der Waals surface area (Å²) >= 11 is 1.60. The molecule has 1 aliphatic rings. The van der Waals surface area contributed by atoms with E-state index in [0.717, 1.165) is 33.0 Å². The van der Waals surface area contributed by atoms with E-state index in [9.17, 15) is 4.79 Å². The number of aromatic nitrogens is 2. The first-order valence-electron chi connectivity index (χ1n) is 8.45. The van der Waals surface area contributed by atoms with Crippen LogP contribution in [0.25, 0.3) is 10.9 Å². The van der Waals surface area contributed by atoms with Crippen LogP contribution >= 0.6 is 11.3 Å². The number of carbonyl (C=O) groups is 1. The van der Waals surface area contributed by atoms with Gasteiger partial charge in [-0.1, -0.05) is 29.5 Å². The highest BCUT2D eigenvalue weighted by molar-refractivity contribution is 7.15. The highest BCUT2D eigenvalue weighted by Crippen LogP contribution is 2.29. The molecule has 0 unspecified atom stereocenters. The van der Waals surface area contributed by atoms with Crippen LogP contribution < -0.4 is 5.32 Å². The third-order valence-corrected chi connectivity index (χ3v) is 5.43. The molecule has 0 bridgehead atoms. The number of carbonyl (C=O) groups excluding carboxylic acids is 1. The summed E-state index contributed by atoms with van der Waals surface area (Å²) in [5, 5.41) is 14.0. The number of benzene rings is 1. The Morgan fingerprint density at radius 1 is 1.40 bits per heavy atom. The van der Waals surface area contributed by atoms with Crippen molar-refractivity contribution >= 4 is 33.3 Å². The lowest BCUT2D eigenvalue weighted by atomic mass is 10.1. The van der Waals surface area contributed by atoms with Gasteiger partial charge in [-0.05, 0) is 18.6 Å². The highest BCUT2D eigenvalue weighted by atomic mass is 32.1. The van der Waals surface area contributed by atoms with Gasteiger partial charge in [-0.15, -0.1) is 0 Å². The minimum Gasteiger partial charge on any atom is -0.396 e. The van der Waals surface area contributed by atoms with Gasteiger partial charge in [-0.25, -0.2) is 4.98 Å². The van der Waals surface area contributed by atoms with Gasteiger partial charge in [-0.3, -0.25) is 4.79 Å². The van der Waals surface area contributed by atoms with Crippen molar-refractivity contribution in [2.75, 3.05) is 25.0 Å². The van der Waals surface area contributed by atoms with Crippen LogP contribution in [0.3, 0.4) is 0 Å². The minimum absolute atomic E-state index is 0.0324. The molecule has 25 heavy (non-hydrogen) atoms. The Kier molecular flexibility index (Phi) is 4.42. The molecule has 0 saturated carbocycles. The number of hydrogen-bond acceptors (Lipinski definition) is 5. The maximum atomic E-state index is 12.8. The number of H-pyrrole nitrogens is 1. The number of aliphatic hydroxyl groups is 1. The molecule has 6 nitrogen and oxygen atoms in total. The van der Waals surface area contributed by atoms with Crippen LogP contribution in [-0.4, -0.2) is 45.6 Å². The third kappa shape index (κ3) is 3.25. The largest absolute Gasteiger partial charge is 0.396 e. The van der Waals surface area contributed by atoms with E-state index < -0.39 is 0 Å². The smallest absolute Gasteiger partial charge is 0.270 e. The Hall–Kier alpha value is -2.38. The highest BCUT2D eigenvalue weighted by Gasteiger charge is 2.25. The van der Waals surface area contributed by atoms with Gasteiger partial charge in [-0.2, -0.15) is 0 Å². The van der Waals surface area contributed by atoms with Crippen LogP contribution in [0, 0.1) is 0 Å². The summed E-state index contributed by atoms with van der Waals surface area (Å²) in [6.07, 6.45) is 1.48. The molecule has 3 heterocycles. The van der Waals surface area contributed by atoms with Gasteiger partial charge in [0.15, 0.2) is 5.13 Å². The summed E-state index contributed by atoms with van der Waals surface area (Å²) in [7, 11) is 0. The molecule has 130 valence electrons. The molecule has 1 aliphatic heterocycles. The molecule has 3 N–H and O–H groups in total. The fourth-order valence-electron chi connectivity index (χ4n) is 3.08. The van der Waals surface area contributed by atoms with Gasteiger partial charge >= 0.3 is 0 Å². The molecular formula is C18H20N4O2S. The molecule has 3 aromatic rings. The molecule has 2 aromatic heterocycles. The molecule has 0 spiro atoms. The summed E-state index contributed by atoms with van der Waals surface area (Å²) in [4.78, 5) is 23.7. The van der Waals surface area contributed by atoms with Crippen LogP contribution in [0.2, 0.25) is 0 Å². The Labute approximate surface area is 149 Å². The van der Waals surface area contributed by atoms with Gasteiger partial charge in [0.2, 0.25) is 0 Å². The van der Waals surface area contributed by atoms with Gasteiger partial charge < -0.3 is 20.3 Å². The maximum absolute atomic E-state index is 12.8. The van der Waals surface area contributed by atoms with Crippen LogP contribution in [-0.2, 0) is 13.0 Å². The first-order chi connectivity index (χ1) is 12.2. The lowest BCUT2D eigenvalue weighted by Gasteiger charge is -2.25. The van der Waals surface area contributed by atoms with E-state index in [-0.39, 0.29) is 12.5 Å². The molecule has 0 saturated heterocycles. The van der Waals surface area contributed by atoms with Crippen molar-refractivity contribution < 1.29 is 9.90 Å². The standard InChI is InChI=1S/C18H20N4O2S/c23-9-3-7-19-18-21-14-6-8-22(11-16(14)25-18)17(24)15-10-12-4-1-2-5-13(12)20-15/h1-2,4-5,10,20,23H,3,6-9,11H2,(H,19,21). The number of aliphatic hydroxyl groups excluding tert-OH is 1. The SMILES string of the molecule is O=C(c1cc2ccccc2[nH]1)N1CCc2nc(NCCCO)sc2C1. The predicted molar refractivity (Wildman–Crippen MR) is 99.0 cm³/mol.